The highest BCUT2D eigenvalue weighted by atomic mass is 35.5. The molecule has 0 atom stereocenters. The van der Waals surface area contributed by atoms with Gasteiger partial charge in [-0.2, -0.15) is 0 Å². The summed E-state index contributed by atoms with van der Waals surface area (Å²) in [6.07, 6.45) is 0. The first-order valence-corrected chi connectivity index (χ1v) is 8.56. The van der Waals surface area contributed by atoms with Crippen LogP contribution in [0.1, 0.15) is 15.9 Å². The van der Waals surface area contributed by atoms with Gasteiger partial charge in [0.05, 0.1) is 21.3 Å². The number of nitrogens with zero attached hydrogens (tertiary/aromatic N) is 3. The summed E-state index contributed by atoms with van der Waals surface area (Å²) in [6, 6.07) is 8.08. The monoisotopic (exact) mass is 407 g/mol. The fourth-order valence-corrected chi connectivity index (χ4v) is 2.56. The Morgan fingerprint density at radius 3 is 2.22 bits per heavy atom. The molecule has 2 rings (SSSR count). The lowest BCUT2D eigenvalue weighted by atomic mass is 10.1. The van der Waals surface area contributed by atoms with Crippen LogP contribution in [0.25, 0.3) is 0 Å². The van der Waals surface area contributed by atoms with Crippen LogP contribution in [-0.2, 0) is 0 Å². The molecule has 9 heteroatoms. The topological polar surface area (TPSA) is 117 Å². The van der Waals surface area contributed by atoms with Crippen molar-refractivity contribution in [1.29, 1.82) is 0 Å². The molecule has 0 spiro atoms. The van der Waals surface area contributed by atoms with Gasteiger partial charge in [-0.1, -0.05) is 35.3 Å². The fraction of sp³-hybridized carbons (Fsp3) is 0.167. The minimum absolute atomic E-state index is 0.0960. The Kier molecular flexibility index (Phi) is 6.30. The minimum Gasteiger partial charge on any atom is -0.505 e. The molecule has 0 heterocycles. The Hall–Kier alpha value is -2.77. The maximum atomic E-state index is 12.3. The molecule has 0 aliphatic rings. The van der Waals surface area contributed by atoms with E-state index in [0.29, 0.717) is 16.3 Å². The van der Waals surface area contributed by atoms with E-state index in [1.807, 2.05) is 0 Å². The van der Waals surface area contributed by atoms with Crippen molar-refractivity contribution >= 4 is 52.2 Å². The molecule has 27 heavy (non-hydrogen) atoms. The van der Waals surface area contributed by atoms with E-state index in [0.717, 1.165) is 0 Å². The highest BCUT2D eigenvalue weighted by Gasteiger charge is 2.19. The summed E-state index contributed by atoms with van der Waals surface area (Å²) in [5.74, 6) is -0.897. The van der Waals surface area contributed by atoms with Gasteiger partial charge in [0.1, 0.15) is 5.69 Å². The van der Waals surface area contributed by atoms with Gasteiger partial charge in [0.25, 0.3) is 5.91 Å². The molecule has 0 radical (unpaired) electrons. The second-order valence-corrected chi connectivity index (χ2v) is 6.68. The Bertz CT molecular complexity index is 955. The predicted molar refractivity (Wildman–Crippen MR) is 110 cm³/mol. The van der Waals surface area contributed by atoms with Gasteiger partial charge in [-0.05, 0) is 30.7 Å². The lowest BCUT2D eigenvalue weighted by molar-refractivity contribution is 0.0824. The molecule has 0 saturated carbocycles. The van der Waals surface area contributed by atoms with Crippen LogP contribution in [0.5, 0.6) is 5.75 Å². The molecule has 0 saturated heterocycles. The summed E-state index contributed by atoms with van der Waals surface area (Å²) in [5, 5.41) is 11.0. The zero-order valence-electron chi connectivity index (χ0n) is 15.0. The first-order chi connectivity index (χ1) is 12.6. The Morgan fingerprint density at radius 1 is 1.04 bits per heavy atom. The Balaban J connectivity index is 2.46. The van der Waals surface area contributed by atoms with Gasteiger partial charge in [-0.25, -0.2) is 9.98 Å². The summed E-state index contributed by atoms with van der Waals surface area (Å²) < 4.78 is 0. The van der Waals surface area contributed by atoms with Gasteiger partial charge in [-0.3, -0.25) is 4.79 Å². The first-order valence-electron chi connectivity index (χ1n) is 7.80. The normalized spacial score (nSPS) is 12.2. The van der Waals surface area contributed by atoms with Gasteiger partial charge in [-0.15, -0.1) is 0 Å². The predicted octanol–water partition coefficient (Wildman–Crippen LogP) is 3.39. The van der Waals surface area contributed by atoms with Crippen LogP contribution in [0.15, 0.2) is 40.3 Å². The molecule has 0 aliphatic carbocycles. The fourth-order valence-electron chi connectivity index (χ4n) is 2.22. The number of rotatable bonds is 3. The van der Waals surface area contributed by atoms with Crippen LogP contribution in [0, 0.1) is 6.92 Å². The van der Waals surface area contributed by atoms with Gasteiger partial charge < -0.3 is 21.5 Å². The summed E-state index contributed by atoms with van der Waals surface area (Å²) in [7, 11) is 3.18. The van der Waals surface area contributed by atoms with Crippen molar-refractivity contribution in [1.82, 2.24) is 4.90 Å². The molecule has 5 N–H and O–H groups in total. The van der Waals surface area contributed by atoms with E-state index in [9.17, 15) is 9.90 Å². The minimum atomic E-state index is -0.354. The number of aryl methyl sites for hydroxylation is 1. The number of carbonyl (C=O) groups is 1. The zero-order chi connectivity index (χ0) is 20.3. The number of benzene rings is 2. The number of carbonyl (C=O) groups excluding carboxylic acids is 1. The number of hydrogen-bond donors (Lipinski definition) is 3. The molecule has 0 bridgehead atoms. The Morgan fingerprint density at radius 2 is 1.63 bits per heavy atom. The van der Waals surface area contributed by atoms with Crippen molar-refractivity contribution in [2.24, 2.45) is 21.5 Å². The number of amides is 1. The number of phenolic OH excluding ortho intramolecular Hbond substituents is 1. The van der Waals surface area contributed by atoms with E-state index in [4.69, 9.17) is 34.7 Å². The van der Waals surface area contributed by atoms with Crippen LogP contribution in [0.4, 0.5) is 11.4 Å². The number of nitrogens with two attached hydrogens (primary N) is 2. The van der Waals surface area contributed by atoms with E-state index in [1.165, 1.54) is 11.0 Å². The lowest BCUT2D eigenvalue weighted by Gasteiger charge is -2.15. The Labute approximate surface area is 166 Å². The van der Waals surface area contributed by atoms with Gasteiger partial charge in [0, 0.05) is 14.1 Å². The number of aromatic hydroxyl groups is 1. The first kappa shape index (κ1) is 20.5. The summed E-state index contributed by atoms with van der Waals surface area (Å²) in [5.41, 5.74) is 12.9. The van der Waals surface area contributed by atoms with Crippen LogP contribution in [0.2, 0.25) is 10.0 Å². The van der Waals surface area contributed by atoms with E-state index >= 15 is 0 Å². The van der Waals surface area contributed by atoms with Crippen LogP contribution < -0.4 is 11.5 Å². The third-order valence-corrected chi connectivity index (χ3v) is 4.47. The van der Waals surface area contributed by atoms with Gasteiger partial charge in [0.2, 0.25) is 0 Å². The molecule has 7 nitrogen and oxygen atoms in total. The van der Waals surface area contributed by atoms with Crippen molar-refractivity contribution in [3.8, 4) is 5.75 Å². The molecular formula is C18H19Cl2N5O2. The van der Waals surface area contributed by atoms with Crippen LogP contribution in [-0.4, -0.2) is 41.7 Å². The highest BCUT2D eigenvalue weighted by molar-refractivity contribution is 6.44. The van der Waals surface area contributed by atoms with Crippen molar-refractivity contribution in [3.05, 3.63) is 51.5 Å². The third kappa shape index (κ3) is 4.50. The molecule has 0 fully saturated rings. The molecule has 142 valence electrons. The van der Waals surface area contributed by atoms with E-state index in [-0.39, 0.29) is 39.6 Å². The van der Waals surface area contributed by atoms with E-state index in [2.05, 4.69) is 9.98 Å². The van der Waals surface area contributed by atoms with Gasteiger partial charge >= 0.3 is 0 Å². The van der Waals surface area contributed by atoms with Crippen molar-refractivity contribution < 1.29 is 9.90 Å². The lowest BCUT2D eigenvalue weighted by Crippen LogP contribution is -2.30. The SMILES string of the molecule is Cc1ccc(N=C(N)C(N)=Nc2cccc(Cl)c2Cl)c(O)c1C(=O)N(C)C. The van der Waals surface area contributed by atoms with Crippen LogP contribution in [0.3, 0.4) is 0 Å². The molecule has 0 unspecified atom stereocenters. The second-order valence-electron chi connectivity index (χ2n) is 5.89. The largest absolute Gasteiger partial charge is 0.505 e. The second kappa shape index (κ2) is 8.28. The zero-order valence-corrected chi connectivity index (χ0v) is 16.5. The summed E-state index contributed by atoms with van der Waals surface area (Å²) in [6.45, 7) is 1.71. The smallest absolute Gasteiger partial charge is 0.257 e. The van der Waals surface area contributed by atoms with Crippen molar-refractivity contribution in [2.75, 3.05) is 14.1 Å². The molecule has 0 aromatic heterocycles. The number of aliphatic imine (C=N–C) groups is 2. The average molecular weight is 408 g/mol. The van der Waals surface area contributed by atoms with Crippen LogP contribution >= 0.6 is 23.2 Å². The van der Waals surface area contributed by atoms with Gasteiger partial charge in [0.15, 0.2) is 17.4 Å². The quantitative estimate of drug-likeness (QED) is 0.533. The number of phenols is 1. The molecule has 1 amide bonds. The molecule has 0 aliphatic heterocycles. The van der Waals surface area contributed by atoms with E-state index in [1.54, 1.807) is 45.3 Å². The summed E-state index contributed by atoms with van der Waals surface area (Å²) in [4.78, 5) is 21.8. The maximum absolute atomic E-state index is 12.3. The number of hydrogen-bond acceptors (Lipinski definition) is 4. The maximum Gasteiger partial charge on any atom is 0.257 e. The third-order valence-electron chi connectivity index (χ3n) is 3.66. The standard InChI is InChI=1S/C18H19Cl2N5O2/c1-9-7-8-12(15(26)13(9)18(27)25(2)3)24-17(22)16(21)23-11-6-4-5-10(19)14(11)20/h4-8,26H,1-3H3,(H2,21,23)(H2,22,24). The van der Waals surface area contributed by atoms with Crippen molar-refractivity contribution in [2.45, 2.75) is 6.92 Å². The summed E-state index contributed by atoms with van der Waals surface area (Å²) >= 11 is 12.0. The van der Waals surface area contributed by atoms with E-state index < -0.39 is 0 Å². The number of amidine groups is 2. The van der Waals surface area contributed by atoms with Crippen molar-refractivity contribution in [3.63, 3.8) is 0 Å². The molecular weight excluding hydrogens is 389 g/mol. The average Bonchev–Trinajstić information content (AvgIpc) is 2.61. The molecule has 2 aromatic carbocycles. The number of halogens is 2. The highest BCUT2D eigenvalue weighted by Crippen LogP contribution is 2.34. The molecule has 2 aromatic rings.